The summed E-state index contributed by atoms with van der Waals surface area (Å²) >= 11 is 0. The number of phenolic OH excluding ortho intramolecular Hbond substituents is 1. The lowest BCUT2D eigenvalue weighted by atomic mass is 10.0. The van der Waals surface area contributed by atoms with Crippen LogP contribution in [0.3, 0.4) is 0 Å². The van der Waals surface area contributed by atoms with Gasteiger partial charge in [0.1, 0.15) is 5.75 Å². The van der Waals surface area contributed by atoms with Crippen LogP contribution >= 0.6 is 0 Å². The number of rotatable bonds is 1. The van der Waals surface area contributed by atoms with E-state index in [0.717, 1.165) is 10.8 Å². The van der Waals surface area contributed by atoms with Crippen LogP contribution in [-0.2, 0) is 0 Å². The molecule has 0 saturated carbocycles. The highest BCUT2D eigenvalue weighted by atomic mass is 19.1. The maximum atomic E-state index is 13.9. The second kappa shape index (κ2) is 3.85. The molecule has 0 atom stereocenters. The first-order chi connectivity index (χ1) is 8.70. The number of benzene rings is 3. The lowest BCUT2D eigenvalue weighted by Crippen LogP contribution is -1.90. The van der Waals surface area contributed by atoms with Crippen molar-refractivity contribution < 1.29 is 19.6 Å². The van der Waals surface area contributed by atoms with Crippen LogP contribution in [0.15, 0.2) is 42.5 Å². The van der Waals surface area contributed by atoms with E-state index in [1.807, 2.05) is 0 Å². The molecule has 0 bridgehead atoms. The van der Waals surface area contributed by atoms with E-state index in [0.29, 0.717) is 10.8 Å². The molecule has 0 fully saturated rings. The zero-order valence-electron chi connectivity index (χ0n) is 9.22. The SMILES string of the molecule is OOc1ccc2c(ccc3cc(O)ccc32)c1F. The molecule has 2 N–H and O–H groups in total. The summed E-state index contributed by atoms with van der Waals surface area (Å²) in [5, 5.41) is 20.7. The van der Waals surface area contributed by atoms with Crippen LogP contribution in [0.1, 0.15) is 0 Å². The third-order valence-electron chi connectivity index (χ3n) is 3.00. The summed E-state index contributed by atoms with van der Waals surface area (Å²) < 4.78 is 13.9. The number of aromatic hydroxyl groups is 1. The number of hydrogen-bond donors (Lipinski definition) is 2. The minimum atomic E-state index is -0.607. The Morgan fingerprint density at radius 3 is 2.39 bits per heavy atom. The fourth-order valence-electron chi connectivity index (χ4n) is 2.15. The fourth-order valence-corrected chi connectivity index (χ4v) is 2.15. The summed E-state index contributed by atoms with van der Waals surface area (Å²) in [6, 6.07) is 11.2. The number of fused-ring (bicyclic) bond motifs is 3. The van der Waals surface area contributed by atoms with E-state index in [4.69, 9.17) is 5.26 Å². The third kappa shape index (κ3) is 1.47. The Kier molecular flexibility index (Phi) is 2.31. The van der Waals surface area contributed by atoms with Crippen molar-refractivity contribution in [2.75, 3.05) is 0 Å². The van der Waals surface area contributed by atoms with Crippen molar-refractivity contribution in [1.29, 1.82) is 0 Å². The van der Waals surface area contributed by atoms with Gasteiger partial charge in [-0.2, -0.15) is 0 Å². The lowest BCUT2D eigenvalue weighted by molar-refractivity contribution is -0.140. The second-order valence-corrected chi connectivity index (χ2v) is 4.04. The van der Waals surface area contributed by atoms with Gasteiger partial charge in [-0.25, -0.2) is 9.65 Å². The van der Waals surface area contributed by atoms with Crippen molar-refractivity contribution in [3.63, 3.8) is 0 Å². The minimum Gasteiger partial charge on any atom is -0.508 e. The third-order valence-corrected chi connectivity index (χ3v) is 3.00. The Morgan fingerprint density at radius 2 is 1.61 bits per heavy atom. The first-order valence-electron chi connectivity index (χ1n) is 5.36. The predicted octanol–water partition coefficient (Wildman–Crippen LogP) is 3.69. The van der Waals surface area contributed by atoms with Gasteiger partial charge in [0, 0.05) is 5.39 Å². The summed E-state index contributed by atoms with van der Waals surface area (Å²) in [7, 11) is 0. The van der Waals surface area contributed by atoms with Crippen LogP contribution in [0.5, 0.6) is 11.5 Å². The van der Waals surface area contributed by atoms with Gasteiger partial charge in [-0.1, -0.05) is 18.2 Å². The van der Waals surface area contributed by atoms with Crippen molar-refractivity contribution in [3.8, 4) is 11.5 Å². The molecule has 0 saturated heterocycles. The minimum absolute atomic E-state index is 0.164. The van der Waals surface area contributed by atoms with Crippen molar-refractivity contribution in [2.45, 2.75) is 0 Å². The molecule has 3 aromatic rings. The molecule has 3 aromatic carbocycles. The van der Waals surface area contributed by atoms with Gasteiger partial charge in [-0.05, 0) is 40.4 Å². The fraction of sp³-hybridized carbons (Fsp3) is 0. The van der Waals surface area contributed by atoms with Crippen molar-refractivity contribution in [3.05, 3.63) is 48.3 Å². The second-order valence-electron chi connectivity index (χ2n) is 4.04. The average molecular weight is 244 g/mol. The van der Waals surface area contributed by atoms with E-state index in [9.17, 15) is 9.50 Å². The smallest absolute Gasteiger partial charge is 0.201 e. The van der Waals surface area contributed by atoms with Gasteiger partial charge < -0.3 is 9.99 Å². The number of hydrogen-bond acceptors (Lipinski definition) is 3. The van der Waals surface area contributed by atoms with E-state index in [-0.39, 0.29) is 11.5 Å². The molecule has 0 aliphatic rings. The van der Waals surface area contributed by atoms with Gasteiger partial charge >= 0.3 is 0 Å². The molecule has 18 heavy (non-hydrogen) atoms. The molecule has 0 radical (unpaired) electrons. The summed E-state index contributed by atoms with van der Waals surface area (Å²) in [5.74, 6) is -0.650. The molecule has 0 aromatic heterocycles. The highest BCUT2D eigenvalue weighted by Gasteiger charge is 2.10. The van der Waals surface area contributed by atoms with Crippen LogP contribution < -0.4 is 4.89 Å². The number of halogens is 1. The maximum absolute atomic E-state index is 13.9. The Morgan fingerprint density at radius 1 is 0.889 bits per heavy atom. The molecule has 0 unspecified atom stereocenters. The van der Waals surface area contributed by atoms with E-state index in [2.05, 4.69) is 4.89 Å². The Hall–Kier alpha value is -2.33. The maximum Gasteiger partial charge on any atom is 0.201 e. The van der Waals surface area contributed by atoms with Gasteiger partial charge in [0.2, 0.25) is 5.75 Å². The molecule has 0 aliphatic heterocycles. The molecular formula is C14H9FO3. The monoisotopic (exact) mass is 244 g/mol. The predicted molar refractivity (Wildman–Crippen MR) is 66.3 cm³/mol. The van der Waals surface area contributed by atoms with Crippen LogP contribution in [0, 0.1) is 5.82 Å². The molecule has 3 rings (SSSR count). The van der Waals surface area contributed by atoms with Gasteiger partial charge in [0.25, 0.3) is 0 Å². The average Bonchev–Trinajstić information content (AvgIpc) is 2.38. The van der Waals surface area contributed by atoms with Gasteiger partial charge in [0.05, 0.1) is 0 Å². The lowest BCUT2D eigenvalue weighted by Gasteiger charge is -2.07. The van der Waals surface area contributed by atoms with Crippen molar-refractivity contribution in [2.24, 2.45) is 0 Å². The molecular weight excluding hydrogens is 235 g/mol. The molecule has 90 valence electrons. The van der Waals surface area contributed by atoms with Crippen LogP contribution in [0.2, 0.25) is 0 Å². The molecule has 0 aliphatic carbocycles. The summed E-state index contributed by atoms with van der Waals surface area (Å²) in [6.07, 6.45) is 0. The summed E-state index contributed by atoms with van der Waals surface area (Å²) in [5.41, 5.74) is 0. The van der Waals surface area contributed by atoms with Crippen molar-refractivity contribution >= 4 is 21.5 Å². The van der Waals surface area contributed by atoms with Crippen LogP contribution in [-0.4, -0.2) is 10.4 Å². The van der Waals surface area contributed by atoms with Gasteiger partial charge in [0.15, 0.2) is 5.82 Å². The highest BCUT2D eigenvalue weighted by Crippen LogP contribution is 2.32. The Labute approximate surface area is 102 Å². The van der Waals surface area contributed by atoms with Crippen LogP contribution in [0.4, 0.5) is 4.39 Å². The zero-order valence-corrected chi connectivity index (χ0v) is 9.22. The van der Waals surface area contributed by atoms with E-state index in [1.54, 1.807) is 36.4 Å². The van der Waals surface area contributed by atoms with E-state index < -0.39 is 5.82 Å². The van der Waals surface area contributed by atoms with Crippen LogP contribution in [0.25, 0.3) is 21.5 Å². The quantitative estimate of drug-likeness (QED) is 0.390. The zero-order chi connectivity index (χ0) is 12.7. The molecule has 3 nitrogen and oxygen atoms in total. The van der Waals surface area contributed by atoms with Crippen molar-refractivity contribution in [1.82, 2.24) is 0 Å². The van der Waals surface area contributed by atoms with E-state index in [1.165, 1.54) is 6.07 Å². The summed E-state index contributed by atoms with van der Waals surface area (Å²) in [6.45, 7) is 0. The molecule has 0 amide bonds. The largest absolute Gasteiger partial charge is 0.508 e. The highest BCUT2D eigenvalue weighted by molar-refractivity contribution is 6.08. The standard InChI is InChI=1S/C14H9FO3/c15-14-12-3-1-8-7-9(16)2-4-10(8)11(12)5-6-13(14)18-17/h1-7,16-17H. The topological polar surface area (TPSA) is 49.7 Å². The van der Waals surface area contributed by atoms with Gasteiger partial charge in [-0.15, -0.1) is 0 Å². The Balaban J connectivity index is 2.45. The number of phenols is 1. The summed E-state index contributed by atoms with van der Waals surface area (Å²) in [4.78, 5) is 3.97. The van der Waals surface area contributed by atoms with Gasteiger partial charge in [-0.3, -0.25) is 0 Å². The molecule has 0 heterocycles. The molecule has 4 heteroatoms. The first kappa shape index (κ1) is 10.8. The molecule has 0 spiro atoms. The van der Waals surface area contributed by atoms with E-state index >= 15 is 0 Å². The first-order valence-corrected chi connectivity index (χ1v) is 5.36. The normalized spacial score (nSPS) is 11.0. The Bertz CT molecular complexity index is 753.